The van der Waals surface area contributed by atoms with Crippen LogP contribution >= 0.6 is 23.2 Å². The van der Waals surface area contributed by atoms with Crippen LogP contribution in [0.5, 0.6) is 0 Å². The van der Waals surface area contributed by atoms with Gasteiger partial charge < -0.3 is 20.9 Å². The molecule has 3 atom stereocenters. The lowest BCUT2D eigenvalue weighted by Crippen LogP contribution is -2.50. The summed E-state index contributed by atoms with van der Waals surface area (Å²) in [6.07, 6.45) is 3.22. The number of amides is 3. The van der Waals surface area contributed by atoms with Gasteiger partial charge in [-0.25, -0.2) is 4.98 Å². The molecule has 0 radical (unpaired) electrons. The number of aromatic amines is 1. The zero-order chi connectivity index (χ0) is 22.1. The summed E-state index contributed by atoms with van der Waals surface area (Å²) in [6, 6.07) is 0.374. The Labute approximate surface area is 184 Å². The van der Waals surface area contributed by atoms with E-state index in [2.05, 4.69) is 25.9 Å². The van der Waals surface area contributed by atoms with Crippen LogP contribution in [0.25, 0.3) is 0 Å². The van der Waals surface area contributed by atoms with E-state index in [1.807, 2.05) is 19.9 Å². The summed E-state index contributed by atoms with van der Waals surface area (Å²) in [4.78, 5) is 43.8. The van der Waals surface area contributed by atoms with Crippen molar-refractivity contribution < 1.29 is 14.4 Å². The summed E-state index contributed by atoms with van der Waals surface area (Å²) in [5, 5.41) is 17.7. The van der Waals surface area contributed by atoms with Crippen molar-refractivity contribution in [2.45, 2.75) is 63.6 Å². The quantitative estimate of drug-likeness (QED) is 0.474. The Morgan fingerprint density at radius 3 is 2.50 bits per heavy atom. The molecule has 1 aliphatic carbocycles. The molecule has 1 aliphatic heterocycles. The van der Waals surface area contributed by atoms with Crippen molar-refractivity contribution in [1.82, 2.24) is 25.9 Å². The fraction of sp³-hybridized carbons (Fsp3) is 0.632. The van der Waals surface area contributed by atoms with Crippen molar-refractivity contribution in [1.29, 1.82) is 5.26 Å². The number of hydrogen-bond donors (Lipinski definition) is 4. The highest BCUT2D eigenvalue weighted by Crippen LogP contribution is 2.34. The molecular weight excluding hydrogens is 431 g/mol. The maximum Gasteiger partial charge on any atom is 0.287 e. The van der Waals surface area contributed by atoms with Gasteiger partial charge in [0.25, 0.3) is 5.91 Å². The van der Waals surface area contributed by atoms with E-state index >= 15 is 0 Å². The second-order valence-corrected chi connectivity index (χ2v) is 9.33. The number of rotatable bonds is 8. The second-order valence-electron chi connectivity index (χ2n) is 8.60. The van der Waals surface area contributed by atoms with Crippen molar-refractivity contribution in [2.24, 2.45) is 11.8 Å². The third-order valence-electron chi connectivity index (χ3n) is 5.30. The molecule has 1 saturated carbocycles. The van der Waals surface area contributed by atoms with Gasteiger partial charge in [0.05, 0.1) is 6.07 Å². The van der Waals surface area contributed by atoms with Gasteiger partial charge in [-0.3, -0.25) is 14.4 Å². The number of nitriles is 1. The zero-order valence-electron chi connectivity index (χ0n) is 16.7. The van der Waals surface area contributed by atoms with Crippen LogP contribution in [0.15, 0.2) is 0 Å². The molecule has 0 aromatic carbocycles. The lowest BCUT2D eigenvalue weighted by atomic mass is 9.92. The first kappa shape index (κ1) is 22.4. The molecule has 0 spiro atoms. The summed E-state index contributed by atoms with van der Waals surface area (Å²) >= 11 is 11.6. The number of nitrogens with zero attached hydrogens (tertiary/aromatic N) is 2. The van der Waals surface area contributed by atoms with Crippen LogP contribution in [-0.4, -0.2) is 45.3 Å². The lowest BCUT2D eigenvalue weighted by Gasteiger charge is -2.21. The van der Waals surface area contributed by atoms with Gasteiger partial charge in [-0.05, 0) is 39.0 Å². The average molecular weight is 455 g/mol. The van der Waals surface area contributed by atoms with Crippen LogP contribution in [0.1, 0.15) is 56.6 Å². The molecular formula is C19H24Cl2N6O3. The molecule has 4 N–H and O–H groups in total. The maximum atomic E-state index is 12.8. The molecule has 162 valence electrons. The number of nitrogens with one attached hydrogen (secondary N) is 4. The third-order valence-corrected chi connectivity index (χ3v) is 5.95. The van der Waals surface area contributed by atoms with Crippen LogP contribution in [-0.2, 0) is 9.59 Å². The monoisotopic (exact) mass is 454 g/mol. The highest BCUT2D eigenvalue weighted by atomic mass is 35.5. The number of carbonyl (C=O) groups excluding carboxylic acids is 3. The Hall–Kier alpha value is -2.31. The molecule has 30 heavy (non-hydrogen) atoms. The predicted octanol–water partition coefficient (Wildman–Crippen LogP) is 1.93. The molecule has 2 aliphatic rings. The number of hydrogen-bond acceptors (Lipinski definition) is 5. The van der Waals surface area contributed by atoms with Gasteiger partial charge in [0.2, 0.25) is 11.8 Å². The van der Waals surface area contributed by atoms with Gasteiger partial charge in [0.15, 0.2) is 11.0 Å². The van der Waals surface area contributed by atoms with E-state index in [4.69, 9.17) is 23.2 Å². The Bertz CT molecular complexity index is 870. The predicted molar refractivity (Wildman–Crippen MR) is 110 cm³/mol. The van der Waals surface area contributed by atoms with Gasteiger partial charge in [0.1, 0.15) is 17.2 Å². The molecule has 1 aromatic heterocycles. The standard InChI is InChI=1S/C19H24Cl2N6O3/c1-19(2)7-10(16(28)27-19)6-11(8-22)23-17(29)12(5-9-3-4-9)24-18(30)15-25-13(20)14(21)26-15/h9-12H,3-7H2,1-2H3,(H,23,29)(H,24,30)(H,25,26)(H,27,28). The lowest BCUT2D eigenvalue weighted by molar-refractivity contribution is -0.125. The van der Waals surface area contributed by atoms with Gasteiger partial charge in [-0.15, -0.1) is 0 Å². The fourth-order valence-electron chi connectivity index (χ4n) is 3.67. The largest absolute Gasteiger partial charge is 0.351 e. The molecule has 3 unspecified atom stereocenters. The van der Waals surface area contributed by atoms with Gasteiger partial charge >= 0.3 is 0 Å². The first-order valence-corrected chi connectivity index (χ1v) is 10.6. The van der Waals surface area contributed by atoms with Crippen LogP contribution < -0.4 is 16.0 Å². The van der Waals surface area contributed by atoms with Crippen molar-refractivity contribution in [3.63, 3.8) is 0 Å². The zero-order valence-corrected chi connectivity index (χ0v) is 18.2. The second kappa shape index (κ2) is 8.82. The highest BCUT2D eigenvalue weighted by Gasteiger charge is 2.39. The van der Waals surface area contributed by atoms with E-state index < -0.39 is 23.9 Å². The van der Waals surface area contributed by atoms with Crippen LogP contribution in [0.2, 0.25) is 10.3 Å². The third kappa shape index (κ3) is 5.64. The molecule has 9 nitrogen and oxygen atoms in total. The molecule has 3 rings (SSSR count). The van der Waals surface area contributed by atoms with Crippen LogP contribution in [0.4, 0.5) is 0 Å². The number of aromatic nitrogens is 2. The molecule has 3 amide bonds. The Kier molecular flexibility index (Phi) is 6.58. The molecule has 2 heterocycles. The topological polar surface area (TPSA) is 140 Å². The molecule has 2 fully saturated rings. The summed E-state index contributed by atoms with van der Waals surface area (Å²) in [7, 11) is 0. The van der Waals surface area contributed by atoms with Crippen LogP contribution in [0, 0.1) is 23.2 Å². The summed E-state index contributed by atoms with van der Waals surface area (Å²) in [5.41, 5.74) is -0.333. The fourth-order valence-corrected chi connectivity index (χ4v) is 3.93. The number of halogens is 2. The van der Waals surface area contributed by atoms with E-state index in [-0.39, 0.29) is 39.9 Å². The molecule has 0 bridgehead atoms. The molecule has 1 aromatic rings. The minimum atomic E-state index is -0.840. The van der Waals surface area contributed by atoms with Gasteiger partial charge in [0, 0.05) is 11.5 Å². The minimum Gasteiger partial charge on any atom is -0.351 e. The molecule has 11 heteroatoms. The summed E-state index contributed by atoms with van der Waals surface area (Å²) in [5.74, 6) is -1.32. The maximum absolute atomic E-state index is 12.8. The SMILES string of the molecule is CC1(C)CC(CC(C#N)NC(=O)C(CC2CC2)NC(=O)c2nc(Cl)c(Cl)[nH]2)C(=O)N1. The van der Waals surface area contributed by atoms with E-state index in [0.29, 0.717) is 18.8 Å². The molecule has 1 saturated heterocycles. The minimum absolute atomic E-state index is 0.0346. The van der Waals surface area contributed by atoms with Crippen LogP contribution in [0.3, 0.4) is 0 Å². The smallest absolute Gasteiger partial charge is 0.287 e. The van der Waals surface area contributed by atoms with Crippen molar-refractivity contribution in [2.75, 3.05) is 0 Å². The van der Waals surface area contributed by atoms with E-state index in [0.717, 1.165) is 12.8 Å². The van der Waals surface area contributed by atoms with Crippen molar-refractivity contribution in [3.8, 4) is 6.07 Å². The van der Waals surface area contributed by atoms with Gasteiger partial charge in [-0.1, -0.05) is 36.0 Å². The Balaban J connectivity index is 1.63. The summed E-state index contributed by atoms with van der Waals surface area (Å²) < 4.78 is 0. The number of imidazole rings is 1. The van der Waals surface area contributed by atoms with E-state index in [1.54, 1.807) is 0 Å². The normalized spacial score (nSPS) is 22.0. The van der Waals surface area contributed by atoms with Crippen molar-refractivity contribution >= 4 is 40.9 Å². The Morgan fingerprint density at radius 2 is 2.00 bits per heavy atom. The first-order chi connectivity index (χ1) is 14.1. The average Bonchev–Trinajstić information content (AvgIpc) is 3.36. The number of H-pyrrole nitrogens is 1. The Morgan fingerprint density at radius 1 is 1.30 bits per heavy atom. The van der Waals surface area contributed by atoms with Gasteiger partial charge in [-0.2, -0.15) is 5.26 Å². The van der Waals surface area contributed by atoms with E-state index in [9.17, 15) is 19.6 Å². The highest BCUT2D eigenvalue weighted by molar-refractivity contribution is 6.40. The van der Waals surface area contributed by atoms with E-state index in [1.165, 1.54) is 0 Å². The number of carbonyl (C=O) groups is 3. The summed E-state index contributed by atoms with van der Waals surface area (Å²) in [6.45, 7) is 3.83. The van der Waals surface area contributed by atoms with Crippen molar-refractivity contribution in [3.05, 3.63) is 16.1 Å². The first-order valence-electron chi connectivity index (χ1n) is 9.82.